The highest BCUT2D eigenvalue weighted by Gasteiger charge is 2.24. The van der Waals surface area contributed by atoms with Crippen LogP contribution in [-0.2, 0) is 11.8 Å². The molecule has 1 aromatic carbocycles. The average Bonchev–Trinajstić information content (AvgIpc) is 3.00. The molecule has 0 unspecified atom stereocenters. The van der Waals surface area contributed by atoms with E-state index in [9.17, 15) is 0 Å². The molecule has 0 spiro atoms. The van der Waals surface area contributed by atoms with E-state index in [0.717, 1.165) is 12.2 Å². The molecule has 1 aromatic rings. The molecule has 1 nitrogen and oxygen atoms in total. The third-order valence-electron chi connectivity index (χ3n) is 3.07. The Labute approximate surface area is 98.8 Å². The predicted octanol–water partition coefficient (Wildman–Crippen LogP) is 4.09. The van der Waals surface area contributed by atoms with Crippen LogP contribution in [0, 0.1) is 0 Å². The Hall–Kier alpha value is -0.980. The summed E-state index contributed by atoms with van der Waals surface area (Å²) in [6, 6.07) is 6.70. The van der Waals surface area contributed by atoms with Crippen LogP contribution in [0.1, 0.15) is 51.7 Å². The van der Waals surface area contributed by atoms with Crippen LogP contribution in [-0.4, -0.2) is 6.10 Å². The Morgan fingerprint density at radius 2 is 1.88 bits per heavy atom. The lowest BCUT2D eigenvalue weighted by Gasteiger charge is -2.21. The summed E-state index contributed by atoms with van der Waals surface area (Å²) in [4.78, 5) is 0. The molecular formula is C15H22O. The first-order valence-corrected chi connectivity index (χ1v) is 6.30. The lowest BCUT2D eigenvalue weighted by molar-refractivity contribution is 0.302. The lowest BCUT2D eigenvalue weighted by Crippen LogP contribution is -2.12. The van der Waals surface area contributed by atoms with E-state index < -0.39 is 0 Å². The van der Waals surface area contributed by atoms with Gasteiger partial charge in [-0.2, -0.15) is 0 Å². The van der Waals surface area contributed by atoms with Crippen LogP contribution < -0.4 is 4.74 Å². The van der Waals surface area contributed by atoms with Crippen LogP contribution in [0.25, 0.3) is 0 Å². The van der Waals surface area contributed by atoms with Crippen molar-refractivity contribution < 1.29 is 4.74 Å². The Bertz CT molecular complexity index is 370. The Kier molecular flexibility index (Phi) is 2.96. The van der Waals surface area contributed by atoms with Gasteiger partial charge in [0, 0.05) is 0 Å². The molecular weight excluding hydrogens is 196 g/mol. The third kappa shape index (κ3) is 2.78. The zero-order valence-corrected chi connectivity index (χ0v) is 10.8. The molecule has 1 saturated carbocycles. The van der Waals surface area contributed by atoms with Crippen molar-refractivity contribution in [3.8, 4) is 5.75 Å². The van der Waals surface area contributed by atoms with Crippen molar-refractivity contribution in [2.75, 3.05) is 0 Å². The van der Waals surface area contributed by atoms with Crippen LogP contribution in [0.2, 0.25) is 0 Å². The summed E-state index contributed by atoms with van der Waals surface area (Å²) in [5.41, 5.74) is 2.96. The quantitative estimate of drug-likeness (QED) is 0.742. The summed E-state index contributed by atoms with van der Waals surface area (Å²) in [6.45, 7) is 8.96. The SMILES string of the molecule is CCc1cc(OC2CC2)cc(C(C)(C)C)c1. The summed E-state index contributed by atoms with van der Waals surface area (Å²) in [7, 11) is 0. The molecule has 16 heavy (non-hydrogen) atoms. The fraction of sp³-hybridized carbons (Fsp3) is 0.600. The fourth-order valence-corrected chi connectivity index (χ4v) is 1.74. The zero-order chi connectivity index (χ0) is 11.8. The van der Waals surface area contributed by atoms with E-state index in [-0.39, 0.29) is 5.41 Å². The number of benzene rings is 1. The predicted molar refractivity (Wildman–Crippen MR) is 68.2 cm³/mol. The molecule has 1 aliphatic rings. The summed E-state index contributed by atoms with van der Waals surface area (Å²) in [5, 5.41) is 0. The summed E-state index contributed by atoms with van der Waals surface area (Å²) >= 11 is 0. The molecule has 0 heterocycles. The van der Waals surface area contributed by atoms with Gasteiger partial charge in [0.25, 0.3) is 0 Å². The first-order chi connectivity index (χ1) is 7.49. The van der Waals surface area contributed by atoms with Crippen molar-refractivity contribution in [1.82, 2.24) is 0 Å². The molecule has 0 aliphatic heterocycles. The largest absolute Gasteiger partial charge is 0.490 e. The van der Waals surface area contributed by atoms with E-state index in [4.69, 9.17) is 4.74 Å². The molecule has 1 aliphatic carbocycles. The molecule has 0 aromatic heterocycles. The second kappa shape index (κ2) is 4.12. The van der Waals surface area contributed by atoms with Gasteiger partial charge in [-0.1, -0.05) is 33.8 Å². The van der Waals surface area contributed by atoms with Crippen LogP contribution in [0.5, 0.6) is 5.75 Å². The molecule has 2 rings (SSSR count). The van der Waals surface area contributed by atoms with Gasteiger partial charge in [0.1, 0.15) is 5.75 Å². The Morgan fingerprint density at radius 1 is 1.19 bits per heavy atom. The van der Waals surface area contributed by atoms with Crippen LogP contribution in [0.3, 0.4) is 0 Å². The highest BCUT2D eigenvalue weighted by Crippen LogP contribution is 2.31. The Morgan fingerprint density at radius 3 is 2.38 bits per heavy atom. The lowest BCUT2D eigenvalue weighted by atomic mass is 9.86. The number of hydrogen-bond donors (Lipinski definition) is 0. The van der Waals surface area contributed by atoms with E-state index in [1.807, 2.05) is 0 Å². The van der Waals surface area contributed by atoms with E-state index in [0.29, 0.717) is 6.10 Å². The van der Waals surface area contributed by atoms with E-state index >= 15 is 0 Å². The molecule has 0 bridgehead atoms. The van der Waals surface area contributed by atoms with Gasteiger partial charge in [0.15, 0.2) is 0 Å². The topological polar surface area (TPSA) is 9.23 Å². The van der Waals surface area contributed by atoms with Gasteiger partial charge in [0.05, 0.1) is 6.10 Å². The first kappa shape index (κ1) is 11.5. The molecule has 0 N–H and O–H groups in total. The van der Waals surface area contributed by atoms with Crippen LogP contribution in [0.4, 0.5) is 0 Å². The molecule has 0 atom stereocenters. The minimum absolute atomic E-state index is 0.201. The molecule has 0 radical (unpaired) electrons. The van der Waals surface area contributed by atoms with Crippen molar-refractivity contribution in [1.29, 1.82) is 0 Å². The maximum Gasteiger partial charge on any atom is 0.120 e. The highest BCUT2D eigenvalue weighted by atomic mass is 16.5. The minimum atomic E-state index is 0.201. The highest BCUT2D eigenvalue weighted by molar-refractivity contribution is 5.38. The third-order valence-corrected chi connectivity index (χ3v) is 3.07. The smallest absolute Gasteiger partial charge is 0.120 e. The number of hydrogen-bond acceptors (Lipinski definition) is 1. The van der Waals surface area contributed by atoms with Crippen molar-refractivity contribution in [3.05, 3.63) is 29.3 Å². The van der Waals surface area contributed by atoms with Crippen molar-refractivity contribution >= 4 is 0 Å². The molecule has 1 fully saturated rings. The Balaban J connectivity index is 2.29. The van der Waals surface area contributed by atoms with Gasteiger partial charge in [-0.05, 0) is 47.9 Å². The summed E-state index contributed by atoms with van der Waals surface area (Å²) in [5.74, 6) is 1.06. The number of rotatable bonds is 3. The molecule has 1 heteroatoms. The summed E-state index contributed by atoms with van der Waals surface area (Å²) < 4.78 is 5.90. The fourth-order valence-electron chi connectivity index (χ4n) is 1.74. The maximum absolute atomic E-state index is 5.90. The van der Waals surface area contributed by atoms with Gasteiger partial charge >= 0.3 is 0 Å². The van der Waals surface area contributed by atoms with Crippen molar-refractivity contribution in [2.45, 2.75) is 58.5 Å². The normalized spacial score (nSPS) is 16.2. The standard InChI is InChI=1S/C15H22O/c1-5-11-8-12(15(2,3)4)10-14(9-11)16-13-6-7-13/h8-10,13H,5-7H2,1-4H3. The van der Waals surface area contributed by atoms with Gasteiger partial charge in [-0.15, -0.1) is 0 Å². The van der Waals surface area contributed by atoms with Crippen molar-refractivity contribution in [3.63, 3.8) is 0 Å². The van der Waals surface area contributed by atoms with Crippen molar-refractivity contribution in [2.24, 2.45) is 0 Å². The van der Waals surface area contributed by atoms with Gasteiger partial charge < -0.3 is 4.74 Å². The molecule has 88 valence electrons. The first-order valence-electron chi connectivity index (χ1n) is 6.30. The van der Waals surface area contributed by atoms with E-state index in [1.54, 1.807) is 0 Å². The van der Waals surface area contributed by atoms with Crippen LogP contribution >= 0.6 is 0 Å². The number of aryl methyl sites for hydroxylation is 1. The van der Waals surface area contributed by atoms with Gasteiger partial charge in [-0.3, -0.25) is 0 Å². The second-order valence-corrected chi connectivity index (χ2v) is 5.79. The number of ether oxygens (including phenoxy) is 1. The van der Waals surface area contributed by atoms with E-state index in [1.165, 1.54) is 24.0 Å². The monoisotopic (exact) mass is 218 g/mol. The maximum atomic E-state index is 5.90. The van der Waals surface area contributed by atoms with Gasteiger partial charge in [-0.25, -0.2) is 0 Å². The zero-order valence-electron chi connectivity index (χ0n) is 10.8. The average molecular weight is 218 g/mol. The summed E-state index contributed by atoms with van der Waals surface area (Å²) in [6.07, 6.45) is 4.01. The minimum Gasteiger partial charge on any atom is -0.490 e. The van der Waals surface area contributed by atoms with Crippen LogP contribution in [0.15, 0.2) is 18.2 Å². The van der Waals surface area contributed by atoms with Gasteiger partial charge in [0.2, 0.25) is 0 Å². The molecule has 0 saturated heterocycles. The van der Waals surface area contributed by atoms with E-state index in [2.05, 4.69) is 45.9 Å². The second-order valence-electron chi connectivity index (χ2n) is 5.79. The molecule has 0 amide bonds.